The smallest absolute Gasteiger partial charge is 0.348 e. The van der Waals surface area contributed by atoms with Crippen molar-refractivity contribution in [1.29, 1.82) is 0 Å². The lowest BCUT2D eigenvalue weighted by atomic mass is 9.80. The van der Waals surface area contributed by atoms with Gasteiger partial charge in [0.2, 0.25) is 0 Å². The van der Waals surface area contributed by atoms with Crippen LogP contribution in [-0.4, -0.2) is 38.2 Å². The van der Waals surface area contributed by atoms with E-state index in [-0.39, 0.29) is 11.2 Å². The second-order valence-corrected chi connectivity index (χ2v) is 5.25. The predicted octanol–water partition coefficient (Wildman–Crippen LogP) is -0.409. The molecule has 1 fully saturated rings. The number of nitrogens with one attached hydrogen (secondary N) is 1. The van der Waals surface area contributed by atoms with Gasteiger partial charge in [-0.15, -0.1) is 0 Å². The third-order valence-electron chi connectivity index (χ3n) is 3.74. The molecule has 7 nitrogen and oxygen atoms in total. The van der Waals surface area contributed by atoms with Crippen molar-refractivity contribution in [3.8, 4) is 0 Å². The number of hydrogen-bond acceptors (Lipinski definition) is 5. The molecule has 0 spiro atoms. The van der Waals surface area contributed by atoms with Crippen molar-refractivity contribution >= 4 is 11.5 Å². The van der Waals surface area contributed by atoms with Crippen LogP contribution in [0.15, 0.2) is 17.2 Å². The van der Waals surface area contributed by atoms with E-state index in [1.54, 1.807) is 6.07 Å². The summed E-state index contributed by atoms with van der Waals surface area (Å²) < 4.78 is 1.38. The lowest BCUT2D eigenvalue weighted by Gasteiger charge is -2.50. The van der Waals surface area contributed by atoms with Crippen molar-refractivity contribution in [2.75, 3.05) is 18.0 Å². The number of H-pyrrole nitrogens is 1. The minimum absolute atomic E-state index is 0.140. The Morgan fingerprint density at radius 2 is 2.22 bits per heavy atom. The molecule has 0 atom stereocenters. The van der Waals surface area contributed by atoms with Crippen LogP contribution in [0.2, 0.25) is 0 Å². The van der Waals surface area contributed by atoms with E-state index in [4.69, 9.17) is 5.73 Å². The largest absolute Gasteiger partial charge is 0.353 e. The first-order valence-electron chi connectivity index (χ1n) is 5.96. The van der Waals surface area contributed by atoms with Crippen molar-refractivity contribution in [1.82, 2.24) is 19.6 Å². The van der Waals surface area contributed by atoms with E-state index in [0.29, 0.717) is 11.6 Å². The van der Waals surface area contributed by atoms with Crippen LogP contribution in [0.3, 0.4) is 0 Å². The van der Waals surface area contributed by atoms with E-state index in [1.165, 1.54) is 10.7 Å². The van der Waals surface area contributed by atoms with E-state index < -0.39 is 0 Å². The minimum Gasteiger partial charge on any atom is -0.353 e. The number of hydrogen-bond donors (Lipinski definition) is 2. The fraction of sp³-hybridized carbons (Fsp3) is 0.545. The lowest BCUT2D eigenvalue weighted by Crippen LogP contribution is -2.70. The van der Waals surface area contributed by atoms with Crippen molar-refractivity contribution in [3.05, 3.63) is 22.9 Å². The third-order valence-corrected chi connectivity index (χ3v) is 3.74. The van der Waals surface area contributed by atoms with Gasteiger partial charge in [0.05, 0.1) is 5.54 Å². The van der Waals surface area contributed by atoms with Crippen LogP contribution in [0.1, 0.15) is 13.8 Å². The monoisotopic (exact) mass is 248 g/mol. The van der Waals surface area contributed by atoms with Crippen molar-refractivity contribution in [2.24, 2.45) is 11.7 Å². The Bertz CT molecular complexity index is 636. The number of fused-ring (bicyclic) bond motifs is 1. The van der Waals surface area contributed by atoms with Gasteiger partial charge in [0.15, 0.2) is 5.65 Å². The predicted molar refractivity (Wildman–Crippen MR) is 67.6 cm³/mol. The van der Waals surface area contributed by atoms with Gasteiger partial charge in [-0.25, -0.2) is 19.3 Å². The van der Waals surface area contributed by atoms with Crippen LogP contribution in [0, 0.1) is 5.92 Å². The van der Waals surface area contributed by atoms with Gasteiger partial charge in [-0.1, -0.05) is 13.8 Å². The summed E-state index contributed by atoms with van der Waals surface area (Å²) in [5.74, 6) is 1.24. The summed E-state index contributed by atoms with van der Waals surface area (Å²) in [5, 5.41) is 6.31. The normalized spacial score (nSPS) is 18.3. The zero-order valence-corrected chi connectivity index (χ0v) is 10.4. The maximum Gasteiger partial charge on any atom is 0.348 e. The molecule has 3 N–H and O–H groups in total. The summed E-state index contributed by atoms with van der Waals surface area (Å²) in [6, 6.07) is 1.79. The first-order chi connectivity index (χ1) is 8.49. The summed E-state index contributed by atoms with van der Waals surface area (Å²) in [6.07, 6.45) is 1.49. The minimum atomic E-state index is -0.275. The molecule has 0 amide bonds. The molecule has 1 saturated heterocycles. The molecule has 18 heavy (non-hydrogen) atoms. The second kappa shape index (κ2) is 3.55. The van der Waals surface area contributed by atoms with E-state index in [0.717, 1.165) is 18.9 Å². The van der Waals surface area contributed by atoms with Crippen LogP contribution in [-0.2, 0) is 0 Å². The number of rotatable bonds is 2. The molecule has 7 heteroatoms. The van der Waals surface area contributed by atoms with Gasteiger partial charge < -0.3 is 10.6 Å². The highest BCUT2D eigenvalue weighted by Crippen LogP contribution is 2.29. The quantitative estimate of drug-likeness (QED) is 0.754. The van der Waals surface area contributed by atoms with E-state index in [1.807, 2.05) is 0 Å². The molecule has 2 aromatic heterocycles. The number of aromatic amines is 1. The highest BCUT2D eigenvalue weighted by Gasteiger charge is 2.42. The van der Waals surface area contributed by atoms with Gasteiger partial charge in [0, 0.05) is 19.2 Å². The first kappa shape index (κ1) is 11.2. The van der Waals surface area contributed by atoms with E-state index >= 15 is 0 Å². The highest BCUT2D eigenvalue weighted by molar-refractivity contribution is 5.53. The van der Waals surface area contributed by atoms with Crippen LogP contribution in [0.4, 0.5) is 5.82 Å². The molecule has 96 valence electrons. The van der Waals surface area contributed by atoms with Gasteiger partial charge in [-0.05, 0) is 5.92 Å². The highest BCUT2D eigenvalue weighted by atomic mass is 16.1. The number of nitrogens with zero attached hydrogens (tertiary/aromatic N) is 4. The summed E-state index contributed by atoms with van der Waals surface area (Å²) in [6.45, 7) is 5.81. The average Bonchev–Trinajstić information content (AvgIpc) is 2.66. The maximum absolute atomic E-state index is 11.3. The molecule has 0 radical (unpaired) electrons. The summed E-state index contributed by atoms with van der Waals surface area (Å²) in [4.78, 5) is 17.7. The standard InChI is InChI=1S/C11H16N6O/c1-7(2)11(12)4-16(5-11)8-3-9-14-15-10(18)17(9)6-13-8/h3,6-7H,4-5,12H2,1-2H3,(H,15,18). The summed E-state index contributed by atoms with van der Waals surface area (Å²) in [7, 11) is 0. The van der Waals surface area contributed by atoms with Crippen LogP contribution < -0.4 is 16.3 Å². The molecular formula is C11H16N6O. The Balaban J connectivity index is 1.87. The Hall–Kier alpha value is -1.89. The van der Waals surface area contributed by atoms with E-state index in [9.17, 15) is 4.79 Å². The Morgan fingerprint density at radius 3 is 2.89 bits per heavy atom. The zero-order chi connectivity index (χ0) is 12.9. The van der Waals surface area contributed by atoms with Gasteiger partial charge in [-0.2, -0.15) is 5.10 Å². The molecule has 0 unspecified atom stereocenters. The molecule has 0 saturated carbocycles. The zero-order valence-electron chi connectivity index (χ0n) is 10.4. The summed E-state index contributed by atoms with van der Waals surface area (Å²) >= 11 is 0. The van der Waals surface area contributed by atoms with Gasteiger partial charge in [0.25, 0.3) is 0 Å². The van der Waals surface area contributed by atoms with Gasteiger partial charge >= 0.3 is 5.69 Å². The molecule has 0 bridgehead atoms. The molecular weight excluding hydrogens is 232 g/mol. The SMILES string of the molecule is CC(C)C1(N)CN(c2cc3n[nH]c(=O)n3cn2)C1. The second-order valence-electron chi connectivity index (χ2n) is 5.25. The Morgan fingerprint density at radius 1 is 1.50 bits per heavy atom. The van der Waals surface area contributed by atoms with Crippen LogP contribution in [0.5, 0.6) is 0 Å². The van der Waals surface area contributed by atoms with Crippen molar-refractivity contribution in [3.63, 3.8) is 0 Å². The maximum atomic E-state index is 11.3. The van der Waals surface area contributed by atoms with Gasteiger partial charge in [-0.3, -0.25) is 0 Å². The number of anilines is 1. The lowest BCUT2D eigenvalue weighted by molar-refractivity contribution is 0.243. The number of nitrogens with two attached hydrogens (primary N) is 1. The average molecular weight is 248 g/mol. The molecule has 0 aromatic carbocycles. The molecule has 1 aliphatic rings. The fourth-order valence-corrected chi connectivity index (χ4v) is 2.16. The van der Waals surface area contributed by atoms with E-state index in [2.05, 4.69) is 33.9 Å². The Kier molecular flexibility index (Phi) is 2.21. The molecule has 3 heterocycles. The molecule has 1 aliphatic heterocycles. The first-order valence-corrected chi connectivity index (χ1v) is 5.96. The third kappa shape index (κ3) is 1.51. The molecule has 3 rings (SSSR count). The number of aromatic nitrogens is 4. The topological polar surface area (TPSA) is 92.3 Å². The van der Waals surface area contributed by atoms with Crippen molar-refractivity contribution < 1.29 is 0 Å². The molecule has 2 aromatic rings. The van der Waals surface area contributed by atoms with Crippen molar-refractivity contribution in [2.45, 2.75) is 19.4 Å². The Labute approximate surface area is 104 Å². The van der Waals surface area contributed by atoms with Crippen LogP contribution in [0.25, 0.3) is 5.65 Å². The van der Waals surface area contributed by atoms with Crippen LogP contribution >= 0.6 is 0 Å². The summed E-state index contributed by atoms with van der Waals surface area (Å²) in [5.41, 5.74) is 6.40. The molecule has 0 aliphatic carbocycles. The fourth-order valence-electron chi connectivity index (χ4n) is 2.16. The van der Waals surface area contributed by atoms with Gasteiger partial charge in [0.1, 0.15) is 12.1 Å².